The molecular weight excluding hydrogens is 198 g/mol. The minimum Gasteiger partial charge on any atom is -0.342 e. The van der Waals surface area contributed by atoms with Crippen molar-refractivity contribution >= 4 is 17.5 Å². The Morgan fingerprint density at radius 2 is 2.36 bits per heavy atom. The highest BCUT2D eigenvalue weighted by molar-refractivity contribution is 6.17. The number of alkyl halides is 1. The lowest BCUT2D eigenvalue weighted by Gasteiger charge is -2.20. The first-order valence-corrected chi connectivity index (χ1v) is 6.07. The maximum absolute atomic E-state index is 11.8. The van der Waals surface area contributed by atoms with Gasteiger partial charge >= 0.3 is 0 Å². The smallest absolute Gasteiger partial charge is 0.225 e. The Kier molecular flexibility index (Phi) is 4.73. The molecule has 1 saturated heterocycles. The highest BCUT2D eigenvalue weighted by Crippen LogP contribution is 2.22. The predicted octanol–water partition coefficient (Wildman–Crippen LogP) is 2.51. The summed E-state index contributed by atoms with van der Waals surface area (Å²) < 4.78 is 0. The Hall–Kier alpha value is -0.240. The van der Waals surface area contributed by atoms with Gasteiger partial charge in [0.2, 0.25) is 5.91 Å². The third-order valence-corrected chi connectivity index (χ3v) is 3.37. The normalized spacial score (nSPS) is 23.9. The molecule has 0 aromatic heterocycles. The van der Waals surface area contributed by atoms with E-state index >= 15 is 0 Å². The van der Waals surface area contributed by atoms with E-state index in [1.807, 2.05) is 11.8 Å². The zero-order valence-corrected chi connectivity index (χ0v) is 9.89. The van der Waals surface area contributed by atoms with Crippen molar-refractivity contribution in [3.05, 3.63) is 0 Å². The summed E-state index contributed by atoms with van der Waals surface area (Å²) in [7, 11) is 0. The van der Waals surface area contributed by atoms with E-state index in [1.54, 1.807) is 0 Å². The second-order valence-corrected chi connectivity index (χ2v) is 4.60. The molecule has 2 nitrogen and oxygen atoms in total. The average Bonchev–Trinajstić information content (AvgIpc) is 2.64. The molecule has 1 aliphatic heterocycles. The van der Waals surface area contributed by atoms with Crippen LogP contribution in [0.15, 0.2) is 0 Å². The van der Waals surface area contributed by atoms with Crippen molar-refractivity contribution in [1.82, 2.24) is 4.90 Å². The topological polar surface area (TPSA) is 20.3 Å². The van der Waals surface area contributed by atoms with Crippen molar-refractivity contribution in [2.24, 2.45) is 11.8 Å². The van der Waals surface area contributed by atoms with Gasteiger partial charge in [-0.1, -0.05) is 13.8 Å². The molecule has 0 bridgehead atoms. The Labute approximate surface area is 91.6 Å². The Bertz CT molecular complexity index is 196. The minimum atomic E-state index is 0.185. The van der Waals surface area contributed by atoms with Gasteiger partial charge in [-0.2, -0.15) is 0 Å². The number of likely N-dealkylation sites (tertiary alicyclic amines) is 1. The van der Waals surface area contributed by atoms with Crippen molar-refractivity contribution in [3.63, 3.8) is 0 Å². The van der Waals surface area contributed by atoms with E-state index in [4.69, 9.17) is 11.6 Å². The van der Waals surface area contributed by atoms with Gasteiger partial charge in [-0.3, -0.25) is 4.79 Å². The largest absolute Gasteiger partial charge is 0.342 e. The van der Waals surface area contributed by atoms with Gasteiger partial charge in [-0.25, -0.2) is 0 Å². The maximum Gasteiger partial charge on any atom is 0.225 e. The van der Waals surface area contributed by atoms with Crippen LogP contribution in [-0.4, -0.2) is 29.8 Å². The zero-order chi connectivity index (χ0) is 10.6. The first kappa shape index (κ1) is 11.8. The van der Waals surface area contributed by atoms with Crippen molar-refractivity contribution in [2.45, 2.75) is 33.1 Å². The molecule has 1 rings (SSSR count). The number of hydrogen-bond acceptors (Lipinski definition) is 1. The summed E-state index contributed by atoms with van der Waals surface area (Å²) in [5.41, 5.74) is 0. The van der Waals surface area contributed by atoms with Gasteiger partial charge in [-0.15, -0.1) is 11.6 Å². The molecule has 14 heavy (non-hydrogen) atoms. The number of amides is 1. The lowest BCUT2D eigenvalue weighted by Crippen LogP contribution is -2.33. The summed E-state index contributed by atoms with van der Waals surface area (Å²) in [4.78, 5) is 13.8. The highest BCUT2D eigenvalue weighted by Gasteiger charge is 2.27. The molecule has 2 unspecified atom stereocenters. The highest BCUT2D eigenvalue weighted by atomic mass is 35.5. The number of carbonyl (C=O) groups is 1. The molecule has 0 radical (unpaired) electrons. The number of hydrogen-bond donors (Lipinski definition) is 0. The molecule has 0 aliphatic carbocycles. The average molecular weight is 218 g/mol. The van der Waals surface area contributed by atoms with E-state index in [0.717, 1.165) is 38.2 Å². The van der Waals surface area contributed by atoms with Gasteiger partial charge in [0.1, 0.15) is 0 Å². The van der Waals surface area contributed by atoms with Crippen LogP contribution >= 0.6 is 11.6 Å². The van der Waals surface area contributed by atoms with Gasteiger partial charge in [0, 0.05) is 24.9 Å². The van der Waals surface area contributed by atoms with Gasteiger partial charge in [-0.05, 0) is 25.2 Å². The van der Waals surface area contributed by atoms with Gasteiger partial charge in [0.25, 0.3) is 0 Å². The SMILES string of the molecule is CCC(C)C(=O)N1CCC(CCCl)C1. The number of nitrogens with zero attached hydrogens (tertiary/aromatic N) is 1. The number of halogens is 1. The summed E-state index contributed by atoms with van der Waals surface area (Å²) in [6.45, 7) is 5.94. The van der Waals surface area contributed by atoms with E-state index < -0.39 is 0 Å². The molecule has 1 amide bonds. The molecule has 0 aromatic carbocycles. The zero-order valence-electron chi connectivity index (χ0n) is 9.13. The molecule has 0 spiro atoms. The first-order valence-electron chi connectivity index (χ1n) is 5.53. The van der Waals surface area contributed by atoms with Crippen LogP contribution in [0.3, 0.4) is 0 Å². The first-order chi connectivity index (χ1) is 6.69. The molecule has 0 N–H and O–H groups in total. The van der Waals surface area contributed by atoms with Crippen molar-refractivity contribution in [2.75, 3.05) is 19.0 Å². The fraction of sp³-hybridized carbons (Fsp3) is 0.909. The summed E-state index contributed by atoms with van der Waals surface area (Å²) in [5, 5.41) is 0. The second kappa shape index (κ2) is 5.59. The number of carbonyl (C=O) groups excluding carboxylic acids is 1. The maximum atomic E-state index is 11.8. The summed E-state index contributed by atoms with van der Waals surface area (Å²) in [5.74, 6) is 1.87. The van der Waals surface area contributed by atoms with Gasteiger partial charge < -0.3 is 4.90 Å². The molecule has 3 heteroatoms. The quantitative estimate of drug-likeness (QED) is 0.663. The lowest BCUT2D eigenvalue weighted by atomic mass is 10.1. The Balaban J connectivity index is 2.37. The Morgan fingerprint density at radius 3 is 2.93 bits per heavy atom. The van der Waals surface area contributed by atoms with Gasteiger partial charge in [0.15, 0.2) is 0 Å². The molecule has 1 heterocycles. The van der Waals surface area contributed by atoms with E-state index in [1.165, 1.54) is 0 Å². The summed E-state index contributed by atoms with van der Waals surface area (Å²) in [6.07, 6.45) is 3.12. The van der Waals surface area contributed by atoms with Crippen LogP contribution in [0.5, 0.6) is 0 Å². The molecule has 82 valence electrons. The minimum absolute atomic E-state index is 0.185. The van der Waals surface area contributed by atoms with Crippen LogP contribution in [0.4, 0.5) is 0 Å². The monoisotopic (exact) mass is 217 g/mol. The van der Waals surface area contributed by atoms with Crippen molar-refractivity contribution in [3.8, 4) is 0 Å². The van der Waals surface area contributed by atoms with Crippen molar-refractivity contribution < 1.29 is 4.79 Å². The molecule has 0 aromatic rings. The van der Waals surface area contributed by atoms with Crippen LogP contribution in [0.25, 0.3) is 0 Å². The van der Waals surface area contributed by atoms with Crippen LogP contribution in [0, 0.1) is 11.8 Å². The van der Waals surface area contributed by atoms with E-state index in [2.05, 4.69) is 6.92 Å². The van der Waals surface area contributed by atoms with E-state index in [9.17, 15) is 4.79 Å². The number of rotatable bonds is 4. The summed E-state index contributed by atoms with van der Waals surface area (Å²) >= 11 is 5.70. The third-order valence-electron chi connectivity index (χ3n) is 3.15. The predicted molar refractivity (Wildman–Crippen MR) is 59.5 cm³/mol. The van der Waals surface area contributed by atoms with Crippen LogP contribution in [0.2, 0.25) is 0 Å². The second-order valence-electron chi connectivity index (χ2n) is 4.23. The fourth-order valence-electron chi connectivity index (χ4n) is 1.91. The molecule has 1 fully saturated rings. The summed E-state index contributed by atoms with van der Waals surface area (Å²) in [6, 6.07) is 0. The van der Waals surface area contributed by atoms with Crippen LogP contribution in [0.1, 0.15) is 33.1 Å². The standard InChI is InChI=1S/C11H20ClNO/c1-3-9(2)11(14)13-7-5-10(8-13)4-6-12/h9-10H,3-8H2,1-2H3. The third kappa shape index (κ3) is 2.88. The van der Waals surface area contributed by atoms with Crippen LogP contribution in [-0.2, 0) is 4.79 Å². The molecule has 2 atom stereocenters. The Morgan fingerprint density at radius 1 is 1.64 bits per heavy atom. The van der Waals surface area contributed by atoms with Crippen molar-refractivity contribution in [1.29, 1.82) is 0 Å². The lowest BCUT2D eigenvalue weighted by molar-refractivity contribution is -0.134. The molecule has 0 saturated carbocycles. The van der Waals surface area contributed by atoms with Gasteiger partial charge in [0.05, 0.1) is 0 Å². The molecular formula is C11H20ClNO. The fourth-order valence-corrected chi connectivity index (χ4v) is 2.22. The molecule has 1 aliphatic rings. The van der Waals surface area contributed by atoms with Crippen LogP contribution < -0.4 is 0 Å². The van der Waals surface area contributed by atoms with E-state index in [-0.39, 0.29) is 5.92 Å². The van der Waals surface area contributed by atoms with E-state index in [0.29, 0.717) is 11.8 Å².